The van der Waals surface area contributed by atoms with Gasteiger partial charge in [-0.15, -0.1) is 0 Å². The maximum atomic E-state index is 6.25. The number of hydrogen-bond donors (Lipinski definition) is 1. The lowest BCUT2D eigenvalue weighted by Crippen LogP contribution is -2.52. The molecule has 2 fully saturated rings. The van der Waals surface area contributed by atoms with Gasteiger partial charge in [0.05, 0.1) is 5.60 Å². The molecule has 1 saturated carbocycles. The summed E-state index contributed by atoms with van der Waals surface area (Å²) in [6.07, 6.45) is 9.21. The zero-order chi connectivity index (χ0) is 11.4. The highest BCUT2D eigenvalue weighted by atomic mass is 16.5. The molecule has 2 heteroatoms. The van der Waals surface area contributed by atoms with Gasteiger partial charge in [0.25, 0.3) is 0 Å². The van der Waals surface area contributed by atoms with Gasteiger partial charge in [-0.3, -0.25) is 0 Å². The molecule has 1 aliphatic heterocycles. The van der Waals surface area contributed by atoms with Crippen LogP contribution in [0.5, 0.6) is 0 Å². The van der Waals surface area contributed by atoms with Gasteiger partial charge >= 0.3 is 0 Å². The number of ether oxygens (including phenoxy) is 1. The van der Waals surface area contributed by atoms with Gasteiger partial charge in [-0.05, 0) is 38.1 Å². The van der Waals surface area contributed by atoms with Crippen molar-refractivity contribution in [3.63, 3.8) is 0 Å². The van der Waals surface area contributed by atoms with Crippen LogP contribution in [0.15, 0.2) is 0 Å². The molecule has 3 atom stereocenters. The van der Waals surface area contributed by atoms with Gasteiger partial charge in [0.1, 0.15) is 0 Å². The van der Waals surface area contributed by atoms with E-state index < -0.39 is 0 Å². The van der Waals surface area contributed by atoms with Crippen LogP contribution >= 0.6 is 0 Å². The highest BCUT2D eigenvalue weighted by Crippen LogP contribution is 2.44. The third-order valence-electron chi connectivity index (χ3n) is 4.58. The lowest BCUT2D eigenvalue weighted by atomic mass is 9.69. The molecule has 2 rings (SSSR count). The second-order valence-corrected chi connectivity index (χ2v) is 5.51. The predicted octanol–water partition coefficient (Wildman–Crippen LogP) is 3.11. The summed E-state index contributed by atoms with van der Waals surface area (Å²) in [4.78, 5) is 0. The van der Waals surface area contributed by atoms with Crippen molar-refractivity contribution in [2.75, 3.05) is 13.2 Å². The van der Waals surface area contributed by atoms with Gasteiger partial charge in [-0.25, -0.2) is 0 Å². The Morgan fingerprint density at radius 2 is 2.12 bits per heavy atom. The summed E-state index contributed by atoms with van der Waals surface area (Å²) >= 11 is 0. The average molecular weight is 225 g/mol. The molecule has 2 nitrogen and oxygen atoms in total. The van der Waals surface area contributed by atoms with E-state index in [0.717, 1.165) is 19.1 Å². The summed E-state index contributed by atoms with van der Waals surface area (Å²) in [5.74, 6) is 0.808. The fraction of sp³-hybridized carbons (Fsp3) is 1.00. The summed E-state index contributed by atoms with van der Waals surface area (Å²) < 4.78 is 6.25. The Bertz CT molecular complexity index is 213. The van der Waals surface area contributed by atoms with Crippen molar-refractivity contribution >= 4 is 0 Å². The Labute approximate surface area is 100 Å². The molecule has 2 aliphatic rings. The summed E-state index contributed by atoms with van der Waals surface area (Å²) in [5.41, 5.74) is 0.234. The third kappa shape index (κ3) is 2.43. The smallest absolute Gasteiger partial charge is 0.0725 e. The van der Waals surface area contributed by atoms with E-state index >= 15 is 0 Å². The standard InChI is InChI=1S/C14H27NO/c1-3-12-7-5-6-9-14(12)11-13(15-4-2)8-10-16-14/h12-13,15H,3-11H2,1-2H3. The molecule has 1 spiro atoms. The molecule has 0 bridgehead atoms. The number of rotatable bonds is 3. The minimum absolute atomic E-state index is 0.234. The van der Waals surface area contributed by atoms with Crippen molar-refractivity contribution in [2.45, 2.75) is 70.4 Å². The van der Waals surface area contributed by atoms with Crippen LogP contribution < -0.4 is 5.32 Å². The fourth-order valence-corrected chi connectivity index (χ4v) is 3.76. The Morgan fingerprint density at radius 3 is 2.88 bits per heavy atom. The van der Waals surface area contributed by atoms with Crippen molar-refractivity contribution in [3.8, 4) is 0 Å². The van der Waals surface area contributed by atoms with Crippen LogP contribution in [0.4, 0.5) is 0 Å². The molecule has 1 N–H and O–H groups in total. The minimum Gasteiger partial charge on any atom is -0.375 e. The molecule has 1 saturated heterocycles. The first-order chi connectivity index (χ1) is 7.80. The van der Waals surface area contributed by atoms with Crippen molar-refractivity contribution in [1.29, 1.82) is 0 Å². The van der Waals surface area contributed by atoms with Gasteiger partial charge in [-0.1, -0.05) is 33.1 Å². The highest BCUT2D eigenvalue weighted by Gasteiger charge is 2.44. The van der Waals surface area contributed by atoms with E-state index in [-0.39, 0.29) is 5.60 Å². The van der Waals surface area contributed by atoms with Gasteiger partial charge in [0.2, 0.25) is 0 Å². The van der Waals surface area contributed by atoms with Gasteiger partial charge in [0.15, 0.2) is 0 Å². The van der Waals surface area contributed by atoms with Crippen LogP contribution in [-0.2, 0) is 4.74 Å². The Hall–Kier alpha value is -0.0800. The quantitative estimate of drug-likeness (QED) is 0.797. The monoisotopic (exact) mass is 225 g/mol. The van der Waals surface area contributed by atoms with Crippen LogP contribution in [0.25, 0.3) is 0 Å². The van der Waals surface area contributed by atoms with Gasteiger partial charge < -0.3 is 10.1 Å². The first-order valence-corrected chi connectivity index (χ1v) is 7.18. The maximum Gasteiger partial charge on any atom is 0.0725 e. The van der Waals surface area contributed by atoms with Crippen molar-refractivity contribution in [3.05, 3.63) is 0 Å². The molecule has 16 heavy (non-hydrogen) atoms. The minimum atomic E-state index is 0.234. The number of nitrogens with one attached hydrogen (secondary N) is 1. The first kappa shape index (κ1) is 12.4. The molecular formula is C14H27NO. The van der Waals surface area contributed by atoms with Crippen molar-refractivity contribution < 1.29 is 4.74 Å². The van der Waals surface area contributed by atoms with Gasteiger partial charge in [0, 0.05) is 12.6 Å². The zero-order valence-electron chi connectivity index (χ0n) is 10.9. The van der Waals surface area contributed by atoms with Crippen LogP contribution in [0.1, 0.15) is 58.8 Å². The molecule has 0 amide bonds. The molecular weight excluding hydrogens is 198 g/mol. The van der Waals surface area contributed by atoms with Crippen molar-refractivity contribution in [1.82, 2.24) is 5.32 Å². The summed E-state index contributed by atoms with van der Waals surface area (Å²) in [5, 5.41) is 3.62. The number of hydrogen-bond acceptors (Lipinski definition) is 2. The second kappa shape index (κ2) is 5.50. The molecule has 0 radical (unpaired) electrons. The first-order valence-electron chi connectivity index (χ1n) is 7.18. The normalized spacial score (nSPS) is 40.1. The van der Waals surface area contributed by atoms with Crippen LogP contribution in [0.2, 0.25) is 0 Å². The lowest BCUT2D eigenvalue weighted by molar-refractivity contribution is -0.143. The van der Waals surface area contributed by atoms with E-state index in [1.54, 1.807) is 0 Å². The van der Waals surface area contributed by atoms with Crippen LogP contribution in [0, 0.1) is 5.92 Å². The highest BCUT2D eigenvalue weighted by molar-refractivity contribution is 4.96. The van der Waals surface area contributed by atoms with Crippen LogP contribution in [0.3, 0.4) is 0 Å². The molecule has 1 heterocycles. The lowest BCUT2D eigenvalue weighted by Gasteiger charge is -2.48. The Morgan fingerprint density at radius 1 is 1.25 bits per heavy atom. The average Bonchev–Trinajstić information content (AvgIpc) is 2.30. The summed E-state index contributed by atoms with van der Waals surface area (Å²) in [6.45, 7) is 6.60. The predicted molar refractivity (Wildman–Crippen MR) is 67.6 cm³/mol. The van der Waals surface area contributed by atoms with E-state index in [4.69, 9.17) is 4.74 Å². The van der Waals surface area contributed by atoms with E-state index in [9.17, 15) is 0 Å². The maximum absolute atomic E-state index is 6.25. The SMILES string of the molecule is CCNC1CCOC2(CCCCC2CC)C1. The molecule has 94 valence electrons. The Balaban J connectivity index is 2.03. The summed E-state index contributed by atoms with van der Waals surface area (Å²) in [6, 6.07) is 0.700. The molecule has 0 aromatic rings. The topological polar surface area (TPSA) is 21.3 Å². The van der Waals surface area contributed by atoms with E-state index in [0.29, 0.717) is 6.04 Å². The molecule has 1 aliphatic carbocycles. The molecule has 0 aromatic heterocycles. The fourth-order valence-electron chi connectivity index (χ4n) is 3.76. The zero-order valence-corrected chi connectivity index (χ0v) is 10.9. The van der Waals surface area contributed by atoms with E-state index in [1.807, 2.05) is 0 Å². The molecule has 3 unspecified atom stereocenters. The van der Waals surface area contributed by atoms with Crippen LogP contribution in [-0.4, -0.2) is 24.8 Å². The van der Waals surface area contributed by atoms with Gasteiger partial charge in [-0.2, -0.15) is 0 Å². The largest absolute Gasteiger partial charge is 0.375 e. The van der Waals surface area contributed by atoms with E-state index in [1.165, 1.54) is 44.9 Å². The van der Waals surface area contributed by atoms with Crippen molar-refractivity contribution in [2.24, 2.45) is 5.92 Å². The third-order valence-corrected chi connectivity index (χ3v) is 4.58. The van der Waals surface area contributed by atoms with E-state index in [2.05, 4.69) is 19.2 Å². The molecule has 0 aromatic carbocycles. The Kier molecular flexibility index (Phi) is 4.26. The second-order valence-electron chi connectivity index (χ2n) is 5.51. The summed E-state index contributed by atoms with van der Waals surface area (Å²) in [7, 11) is 0.